The van der Waals surface area contributed by atoms with Gasteiger partial charge in [-0.1, -0.05) is 11.6 Å². The van der Waals surface area contributed by atoms with Crippen LogP contribution in [0.4, 0.5) is 8.78 Å². The number of carbonyl (C=O) groups excluding carboxylic acids is 1. The fourth-order valence-corrected chi connectivity index (χ4v) is 3.59. The molecule has 0 saturated heterocycles. The molecule has 2 rings (SSSR count). The van der Waals surface area contributed by atoms with Gasteiger partial charge >= 0.3 is 0 Å². The number of hydrogen-bond donors (Lipinski definition) is 4. The van der Waals surface area contributed by atoms with Crippen molar-refractivity contribution >= 4 is 33.5 Å². The average Bonchev–Trinajstić information content (AvgIpc) is 2.74. The molecule has 0 heterocycles. The van der Waals surface area contributed by atoms with Gasteiger partial charge in [0.1, 0.15) is 5.75 Å². The first kappa shape index (κ1) is 23.7. The van der Waals surface area contributed by atoms with Crippen molar-refractivity contribution < 1.29 is 33.4 Å². The zero-order valence-corrected chi connectivity index (χ0v) is 17.9. The fourth-order valence-electron chi connectivity index (χ4n) is 2.40. The van der Waals surface area contributed by atoms with Crippen molar-refractivity contribution in [3.63, 3.8) is 0 Å². The van der Waals surface area contributed by atoms with E-state index in [1.165, 1.54) is 24.3 Å². The summed E-state index contributed by atoms with van der Waals surface area (Å²) in [6, 6.07) is 4.91. The van der Waals surface area contributed by atoms with Crippen LogP contribution in [0.5, 0.6) is 11.5 Å². The number of nitrogens with two attached hydrogens (primary N) is 3. The largest absolute Gasteiger partial charge is 0.451 e. The first-order valence-corrected chi connectivity index (χ1v) is 10.7. The molecule has 174 valence electrons. The monoisotopic (exact) mass is 492 g/mol. The third-order valence-electron chi connectivity index (χ3n) is 3.99. The molecule has 0 fully saturated rings. The van der Waals surface area contributed by atoms with Gasteiger partial charge < -0.3 is 21.9 Å². The lowest BCUT2D eigenvalue weighted by molar-refractivity contribution is -0.147. The van der Waals surface area contributed by atoms with Crippen LogP contribution in [0.15, 0.2) is 46.3 Å². The van der Waals surface area contributed by atoms with Gasteiger partial charge in [-0.05, 0) is 49.2 Å². The van der Waals surface area contributed by atoms with Crippen LogP contribution in [0.2, 0.25) is 6.45 Å². The van der Waals surface area contributed by atoms with E-state index in [0.29, 0.717) is 17.2 Å². The Morgan fingerprint density at radius 2 is 1.84 bits per heavy atom. The number of halogens is 3. The van der Waals surface area contributed by atoms with Gasteiger partial charge in [-0.2, -0.15) is 8.42 Å². The smallest absolute Gasteiger partial charge is 0.289 e. The van der Waals surface area contributed by atoms with Crippen LogP contribution < -0.4 is 21.9 Å². The Bertz CT molecular complexity index is 1110. The normalized spacial score (nSPS) is 12.6. The fraction of sp³-hybridized carbons (Fsp3) is 0.222. The molecule has 14 heteroatoms. The number of sulfonamides is 1. The van der Waals surface area contributed by atoms with E-state index < -0.39 is 44.3 Å². The minimum absolute atomic E-state index is 0.0332. The third-order valence-corrected chi connectivity index (χ3v) is 5.69. The van der Waals surface area contributed by atoms with Crippen LogP contribution in [0.25, 0.3) is 0 Å². The van der Waals surface area contributed by atoms with Crippen molar-refractivity contribution in [3.05, 3.63) is 53.1 Å². The molecule has 0 aliphatic carbocycles. The first-order valence-electron chi connectivity index (χ1n) is 9.34. The van der Waals surface area contributed by atoms with Gasteiger partial charge in [0.25, 0.3) is 15.9 Å². The second-order valence-electron chi connectivity index (χ2n) is 6.40. The summed E-state index contributed by atoms with van der Waals surface area (Å²) in [6.07, 6.45) is 0.137. The molecule has 1 amide bonds. The summed E-state index contributed by atoms with van der Waals surface area (Å²) in [6.45, 7) is 0.114. The zero-order chi connectivity index (χ0) is 24.8. The number of benzene rings is 2. The molecule has 7 N–H and O–H groups in total. The van der Waals surface area contributed by atoms with E-state index in [1.54, 1.807) is 0 Å². The summed E-state index contributed by atoms with van der Waals surface area (Å²) in [5.74, 6) is -5.15. The summed E-state index contributed by atoms with van der Waals surface area (Å²) in [4.78, 5) is 15.1. The molecule has 0 bridgehead atoms. The molecule has 2 aromatic rings. The van der Waals surface area contributed by atoms with Crippen molar-refractivity contribution in [2.75, 3.05) is 6.54 Å². The van der Waals surface area contributed by atoms with Crippen molar-refractivity contribution in [3.8, 4) is 11.5 Å². The predicted molar refractivity (Wildman–Crippen MR) is 112 cm³/mol. The van der Waals surface area contributed by atoms with Crippen LogP contribution >= 0.6 is 11.6 Å². The first-order chi connectivity index (χ1) is 15.5. The molecule has 10 nitrogen and oxygen atoms in total. The number of carbonyl (C=O) groups is 1. The minimum Gasteiger partial charge on any atom is -0.451 e. The predicted octanol–water partition coefficient (Wildman–Crippen LogP) is 1.70. The maximum atomic E-state index is 14.5. The molecule has 0 unspecified atom stereocenters. The van der Waals surface area contributed by atoms with Gasteiger partial charge in [-0.25, -0.2) is 8.78 Å². The maximum Gasteiger partial charge on any atom is 0.289 e. The Morgan fingerprint density at radius 3 is 2.38 bits per heavy atom. The van der Waals surface area contributed by atoms with E-state index in [9.17, 15) is 22.0 Å². The molecule has 1 atom stereocenters. The summed E-state index contributed by atoms with van der Waals surface area (Å²) in [5.41, 5.74) is 16.0. The highest BCUT2D eigenvalue weighted by atomic mass is 35.5. The summed E-state index contributed by atoms with van der Waals surface area (Å²) in [5, 5.41) is 4.28. The van der Waals surface area contributed by atoms with Gasteiger partial charge in [0.05, 0.1) is 10.9 Å². The molecule has 0 aliphatic heterocycles. The van der Waals surface area contributed by atoms with Crippen LogP contribution in [0.3, 0.4) is 0 Å². The molecule has 0 spiro atoms. The number of nitrogens with zero attached hydrogens (tertiary/aromatic N) is 2. The van der Waals surface area contributed by atoms with Gasteiger partial charge in [-0.15, -0.1) is 4.47 Å². The quantitative estimate of drug-likeness (QED) is 0.127. The van der Waals surface area contributed by atoms with Gasteiger partial charge in [0.2, 0.25) is 1.43 Å². The molecular formula is C18H20ClF2N5O5S. The highest BCUT2D eigenvalue weighted by molar-refractivity contribution is 7.89. The van der Waals surface area contributed by atoms with Crippen LogP contribution in [0, 0.1) is 11.6 Å². The standard InChI is InChI=1S/C18H20ClF2N5O5S/c19-10-3-5-11(6-4-10)31-16-13(20)8-12(9-14(16)21)32(29,30)26(28)17(27)15(22)2-1-7-25-18(23)24/h3-6,8-9,15,28H,1-2,7,22H2,(H4,23,24,25)/t15-/m0/s1/i28D. The Morgan fingerprint density at radius 1 is 1.25 bits per heavy atom. The molecule has 2 aromatic carbocycles. The van der Waals surface area contributed by atoms with Gasteiger partial charge in [0.15, 0.2) is 23.3 Å². The van der Waals surface area contributed by atoms with E-state index in [0.717, 1.165) is 0 Å². The van der Waals surface area contributed by atoms with E-state index in [-0.39, 0.29) is 35.6 Å². The topological polar surface area (TPSA) is 174 Å². The molecular weight excluding hydrogens is 472 g/mol. The lowest BCUT2D eigenvalue weighted by Gasteiger charge is -2.19. The average molecular weight is 493 g/mol. The summed E-state index contributed by atoms with van der Waals surface area (Å²) in [7, 11) is -5.01. The van der Waals surface area contributed by atoms with E-state index >= 15 is 0 Å². The van der Waals surface area contributed by atoms with E-state index in [4.69, 9.17) is 35.0 Å². The number of hydrogen-bond acceptors (Lipinski definition) is 7. The van der Waals surface area contributed by atoms with Crippen molar-refractivity contribution in [1.29, 1.82) is 0 Å². The Labute approximate surface area is 188 Å². The van der Waals surface area contributed by atoms with Gasteiger partial charge in [0, 0.05) is 11.6 Å². The minimum atomic E-state index is -5.01. The summed E-state index contributed by atoms with van der Waals surface area (Å²) >= 11 is 5.73. The number of guanidine groups is 1. The Balaban J connectivity index is 2.24. The number of aliphatic imine (C=N–C) groups is 1. The number of amides is 1. The van der Waals surface area contributed by atoms with E-state index in [1.807, 2.05) is 0 Å². The molecule has 0 aliphatic rings. The van der Waals surface area contributed by atoms with Crippen molar-refractivity contribution in [1.82, 2.24) is 4.47 Å². The molecule has 32 heavy (non-hydrogen) atoms. The number of rotatable bonds is 10. The van der Waals surface area contributed by atoms with Crippen LogP contribution in [-0.2, 0) is 14.8 Å². The molecule has 0 saturated carbocycles. The Kier molecular flexibility index (Phi) is 7.80. The van der Waals surface area contributed by atoms with Crippen LogP contribution in [0.1, 0.15) is 12.8 Å². The van der Waals surface area contributed by atoms with Crippen molar-refractivity contribution in [2.45, 2.75) is 23.8 Å². The van der Waals surface area contributed by atoms with Gasteiger partial charge in [-0.3, -0.25) is 15.0 Å². The lowest BCUT2D eigenvalue weighted by Crippen LogP contribution is -2.45. The number of hydroxylamine groups is 1. The molecule has 0 aromatic heterocycles. The van der Waals surface area contributed by atoms with Crippen LogP contribution in [-0.4, -0.2) is 42.5 Å². The van der Waals surface area contributed by atoms with Crippen molar-refractivity contribution in [2.24, 2.45) is 22.2 Å². The second kappa shape index (κ2) is 10.5. The summed E-state index contributed by atoms with van der Waals surface area (Å²) < 4.78 is 66.1. The highest BCUT2D eigenvalue weighted by Gasteiger charge is 2.33. The zero-order valence-electron chi connectivity index (χ0n) is 17.4. The molecule has 0 radical (unpaired) electrons. The SMILES string of the molecule is [2H]ON(C(=O)[C@@H](N)CCCN=C(N)N)S(=O)(=O)c1cc(F)c(Oc2ccc(Cl)cc2)c(F)c1. The number of ether oxygens (including phenoxy) is 1. The lowest BCUT2D eigenvalue weighted by atomic mass is 10.1. The second-order valence-corrected chi connectivity index (χ2v) is 8.59. The maximum absolute atomic E-state index is 14.5. The third kappa shape index (κ3) is 6.26. The highest BCUT2D eigenvalue weighted by Crippen LogP contribution is 2.31. The van der Waals surface area contributed by atoms with E-state index in [2.05, 4.69) is 10.2 Å². The Hall–Kier alpha value is -3.00.